The quantitative estimate of drug-likeness (QED) is 0.819. The van der Waals surface area contributed by atoms with Crippen LogP contribution in [-0.4, -0.2) is 24.1 Å². The van der Waals surface area contributed by atoms with Gasteiger partial charge in [-0.25, -0.2) is 4.98 Å². The molecule has 1 heterocycles. The Kier molecular flexibility index (Phi) is 4.92. The summed E-state index contributed by atoms with van der Waals surface area (Å²) in [6.45, 7) is 0.345. The van der Waals surface area contributed by atoms with E-state index in [2.05, 4.69) is 37.9 Å². The highest BCUT2D eigenvalue weighted by molar-refractivity contribution is 14.1. The maximum atomic E-state index is 5.74. The van der Waals surface area contributed by atoms with E-state index in [4.69, 9.17) is 9.47 Å². The van der Waals surface area contributed by atoms with Gasteiger partial charge in [0, 0.05) is 23.8 Å². The molecule has 2 rings (SSSR count). The average Bonchev–Trinajstić information content (AvgIpc) is 2.39. The van der Waals surface area contributed by atoms with E-state index < -0.39 is 0 Å². The van der Waals surface area contributed by atoms with Gasteiger partial charge >= 0.3 is 0 Å². The Hall–Kier alpha value is -1.41. The molecule has 0 radical (unpaired) electrons. The number of ether oxygens (including phenoxy) is 2. The molecule has 0 aliphatic rings. The van der Waals surface area contributed by atoms with Crippen molar-refractivity contribution in [1.29, 1.82) is 0 Å². The largest absolute Gasteiger partial charge is 0.439 e. The van der Waals surface area contributed by atoms with Crippen LogP contribution in [-0.2, 0) is 11.3 Å². The molecule has 0 aliphatic heterocycles. The predicted molar refractivity (Wildman–Crippen MR) is 81.5 cm³/mol. The van der Waals surface area contributed by atoms with Gasteiger partial charge < -0.3 is 14.8 Å². The van der Waals surface area contributed by atoms with Crippen LogP contribution in [0.4, 0.5) is 5.82 Å². The first kappa shape index (κ1) is 14.0. The summed E-state index contributed by atoms with van der Waals surface area (Å²) in [6, 6.07) is 9.52. The number of nitrogens with one attached hydrogen (secondary N) is 1. The van der Waals surface area contributed by atoms with E-state index >= 15 is 0 Å². The molecule has 5 nitrogen and oxygen atoms in total. The minimum atomic E-state index is 0.345. The van der Waals surface area contributed by atoms with Crippen LogP contribution < -0.4 is 10.1 Å². The average molecular weight is 371 g/mol. The summed E-state index contributed by atoms with van der Waals surface area (Å²) in [5, 5.41) is 2.98. The van der Waals surface area contributed by atoms with Crippen LogP contribution in [0.15, 0.2) is 30.3 Å². The molecule has 1 N–H and O–H groups in total. The van der Waals surface area contributed by atoms with Gasteiger partial charge in [0.1, 0.15) is 18.2 Å². The molecule has 0 amide bonds. The number of halogens is 1. The van der Waals surface area contributed by atoms with Gasteiger partial charge in [0.25, 0.3) is 0 Å². The lowest BCUT2D eigenvalue weighted by atomic mass is 10.3. The lowest BCUT2D eigenvalue weighted by molar-refractivity contribution is 0.177. The standard InChI is InChI=1S/C13H14IN3O2/c1-15-11-7-13(17-12(16-11)8-18-2)19-10-5-3-4-9(14)6-10/h3-7H,8H2,1-2H3,(H,15,16,17). The monoisotopic (exact) mass is 371 g/mol. The van der Waals surface area contributed by atoms with Crippen molar-refractivity contribution in [2.75, 3.05) is 19.5 Å². The molecule has 1 aromatic heterocycles. The third kappa shape index (κ3) is 4.03. The maximum absolute atomic E-state index is 5.74. The van der Waals surface area contributed by atoms with Crippen LogP contribution in [0.2, 0.25) is 0 Å². The summed E-state index contributed by atoms with van der Waals surface area (Å²) in [6.07, 6.45) is 0. The van der Waals surface area contributed by atoms with Gasteiger partial charge in [-0.1, -0.05) is 6.07 Å². The zero-order valence-electron chi connectivity index (χ0n) is 10.7. The second-order valence-corrected chi connectivity index (χ2v) is 5.00. The van der Waals surface area contributed by atoms with Crippen molar-refractivity contribution in [3.05, 3.63) is 39.7 Å². The van der Waals surface area contributed by atoms with E-state index in [1.165, 1.54) is 0 Å². The van der Waals surface area contributed by atoms with Gasteiger partial charge in [-0.3, -0.25) is 0 Å². The van der Waals surface area contributed by atoms with Gasteiger partial charge in [-0.05, 0) is 40.8 Å². The van der Waals surface area contributed by atoms with E-state index in [0.29, 0.717) is 24.1 Å². The smallest absolute Gasteiger partial charge is 0.224 e. The summed E-state index contributed by atoms with van der Waals surface area (Å²) in [7, 11) is 3.41. The summed E-state index contributed by atoms with van der Waals surface area (Å²) < 4.78 is 11.9. The summed E-state index contributed by atoms with van der Waals surface area (Å²) in [5.41, 5.74) is 0. The van der Waals surface area contributed by atoms with Crippen molar-refractivity contribution in [2.24, 2.45) is 0 Å². The summed E-state index contributed by atoms with van der Waals surface area (Å²) in [4.78, 5) is 8.57. The first-order valence-corrected chi connectivity index (χ1v) is 6.77. The van der Waals surface area contributed by atoms with Crippen molar-refractivity contribution in [2.45, 2.75) is 6.61 Å². The topological polar surface area (TPSA) is 56.3 Å². The van der Waals surface area contributed by atoms with Crippen molar-refractivity contribution in [1.82, 2.24) is 9.97 Å². The minimum Gasteiger partial charge on any atom is -0.439 e. The highest BCUT2D eigenvalue weighted by Gasteiger charge is 2.06. The molecule has 0 saturated heterocycles. The van der Waals surface area contributed by atoms with Crippen LogP contribution in [0.1, 0.15) is 5.82 Å². The summed E-state index contributed by atoms with van der Waals surface area (Å²) in [5.74, 6) is 2.52. The van der Waals surface area contributed by atoms with Gasteiger partial charge in [-0.15, -0.1) is 0 Å². The Morgan fingerprint density at radius 1 is 1.26 bits per heavy atom. The number of anilines is 1. The molecule has 0 spiro atoms. The second-order valence-electron chi connectivity index (χ2n) is 3.75. The number of methoxy groups -OCH3 is 1. The van der Waals surface area contributed by atoms with Gasteiger partial charge in [0.05, 0.1) is 0 Å². The predicted octanol–water partition coefficient (Wildman–Crippen LogP) is 3.06. The third-order valence-corrected chi connectivity index (χ3v) is 2.97. The minimum absolute atomic E-state index is 0.345. The van der Waals surface area contributed by atoms with E-state index in [9.17, 15) is 0 Å². The van der Waals surface area contributed by atoms with E-state index in [1.807, 2.05) is 24.3 Å². The lowest BCUT2D eigenvalue weighted by Gasteiger charge is -2.09. The fraction of sp³-hybridized carbons (Fsp3) is 0.231. The zero-order valence-corrected chi connectivity index (χ0v) is 12.8. The molecule has 0 fully saturated rings. The van der Waals surface area contributed by atoms with Crippen molar-refractivity contribution in [3.8, 4) is 11.6 Å². The molecule has 0 aliphatic carbocycles. The lowest BCUT2D eigenvalue weighted by Crippen LogP contribution is -2.03. The van der Waals surface area contributed by atoms with Crippen LogP contribution in [0.5, 0.6) is 11.6 Å². The van der Waals surface area contributed by atoms with Crippen LogP contribution in [0.25, 0.3) is 0 Å². The summed E-state index contributed by atoms with van der Waals surface area (Å²) >= 11 is 2.24. The van der Waals surface area contributed by atoms with E-state index in [1.54, 1.807) is 20.2 Å². The molecular formula is C13H14IN3O2. The second kappa shape index (κ2) is 6.67. The van der Waals surface area contributed by atoms with Crippen molar-refractivity contribution < 1.29 is 9.47 Å². The Balaban J connectivity index is 2.26. The normalized spacial score (nSPS) is 10.3. The molecule has 0 saturated carbocycles. The molecule has 0 unspecified atom stereocenters. The van der Waals surface area contributed by atoms with Crippen LogP contribution in [0.3, 0.4) is 0 Å². The van der Waals surface area contributed by atoms with E-state index in [-0.39, 0.29) is 0 Å². The van der Waals surface area contributed by atoms with Gasteiger partial charge in [0.15, 0.2) is 5.82 Å². The van der Waals surface area contributed by atoms with Crippen molar-refractivity contribution >= 4 is 28.4 Å². The molecule has 0 bridgehead atoms. The molecule has 100 valence electrons. The fourth-order valence-corrected chi connectivity index (χ4v) is 2.01. The Labute approximate surface area is 125 Å². The number of nitrogens with zero attached hydrogens (tertiary/aromatic N) is 2. The number of hydrogen-bond donors (Lipinski definition) is 1. The Morgan fingerprint density at radius 2 is 2.11 bits per heavy atom. The zero-order chi connectivity index (χ0) is 13.7. The number of rotatable bonds is 5. The SMILES string of the molecule is CNc1cc(Oc2cccc(I)c2)nc(COC)n1. The maximum Gasteiger partial charge on any atom is 0.224 e. The Bertz CT molecular complexity index is 563. The fourth-order valence-electron chi connectivity index (χ4n) is 1.50. The number of benzene rings is 1. The Morgan fingerprint density at radius 3 is 2.79 bits per heavy atom. The number of hydrogen-bond acceptors (Lipinski definition) is 5. The molecular weight excluding hydrogens is 357 g/mol. The third-order valence-electron chi connectivity index (χ3n) is 2.30. The first-order valence-electron chi connectivity index (χ1n) is 5.69. The molecule has 1 aromatic carbocycles. The molecule has 6 heteroatoms. The van der Waals surface area contributed by atoms with Gasteiger partial charge in [-0.2, -0.15) is 4.98 Å². The first-order chi connectivity index (χ1) is 9.21. The van der Waals surface area contributed by atoms with Crippen LogP contribution >= 0.6 is 22.6 Å². The highest BCUT2D eigenvalue weighted by Crippen LogP contribution is 2.23. The molecule has 19 heavy (non-hydrogen) atoms. The van der Waals surface area contributed by atoms with Gasteiger partial charge in [0.2, 0.25) is 5.88 Å². The highest BCUT2D eigenvalue weighted by atomic mass is 127. The molecule has 0 atom stereocenters. The van der Waals surface area contributed by atoms with Crippen LogP contribution in [0, 0.1) is 3.57 Å². The van der Waals surface area contributed by atoms with E-state index in [0.717, 1.165) is 9.32 Å². The number of aromatic nitrogens is 2. The van der Waals surface area contributed by atoms with Crippen molar-refractivity contribution in [3.63, 3.8) is 0 Å². The molecule has 2 aromatic rings.